The molecule has 0 aromatic heterocycles. The third-order valence-electron chi connectivity index (χ3n) is 3.90. The Morgan fingerprint density at radius 1 is 1.42 bits per heavy atom. The van der Waals surface area contributed by atoms with Crippen LogP contribution in [0.4, 0.5) is 0 Å². The van der Waals surface area contributed by atoms with Crippen LogP contribution in [0.15, 0.2) is 30.3 Å². The van der Waals surface area contributed by atoms with Crippen molar-refractivity contribution in [3.8, 4) is 0 Å². The van der Waals surface area contributed by atoms with E-state index in [2.05, 4.69) is 12.1 Å². The number of piperidine rings is 1. The van der Waals surface area contributed by atoms with Crippen molar-refractivity contribution in [1.29, 1.82) is 0 Å². The van der Waals surface area contributed by atoms with E-state index in [1.807, 2.05) is 23.0 Å². The van der Waals surface area contributed by atoms with Crippen LogP contribution >= 0.6 is 0 Å². The third-order valence-corrected chi connectivity index (χ3v) is 3.90. The Bertz CT molecular complexity index is 424. The molecule has 1 N–H and O–H groups in total. The van der Waals surface area contributed by atoms with Gasteiger partial charge < -0.3 is 14.6 Å². The smallest absolute Gasteiger partial charge is 0.376 e. The molecule has 1 aromatic rings. The van der Waals surface area contributed by atoms with E-state index < -0.39 is 7.05 Å². The van der Waals surface area contributed by atoms with Crippen LogP contribution in [0.2, 0.25) is 6.82 Å². The standard InChI is InChI=1S/C14H20BNO3/c1-15(18)16-9-8-12(11-6-4-3-5-7-11)13(10-16)14(17)19-2/h3-7,12-13,18H,8-10H2,1-2H3/t12-,13-/m0/s1. The van der Waals surface area contributed by atoms with Crippen molar-refractivity contribution in [2.45, 2.75) is 19.2 Å². The Labute approximate surface area is 114 Å². The molecule has 1 heterocycles. The van der Waals surface area contributed by atoms with Crippen molar-refractivity contribution in [3.05, 3.63) is 35.9 Å². The number of carbonyl (C=O) groups excluding carboxylic acids is 1. The highest BCUT2D eigenvalue weighted by atomic mass is 16.5. The first kappa shape index (κ1) is 14.1. The summed E-state index contributed by atoms with van der Waals surface area (Å²) in [5.74, 6) is -0.237. The van der Waals surface area contributed by atoms with Crippen LogP contribution in [0.5, 0.6) is 0 Å². The van der Waals surface area contributed by atoms with Crippen molar-refractivity contribution in [1.82, 2.24) is 4.81 Å². The number of rotatable bonds is 3. The lowest BCUT2D eigenvalue weighted by Gasteiger charge is -2.38. The molecule has 2 atom stereocenters. The van der Waals surface area contributed by atoms with Gasteiger partial charge in [0.05, 0.1) is 13.0 Å². The van der Waals surface area contributed by atoms with Gasteiger partial charge in [-0.25, -0.2) is 0 Å². The zero-order valence-corrected chi connectivity index (χ0v) is 11.5. The summed E-state index contributed by atoms with van der Waals surface area (Å²) in [7, 11) is 0.898. The Hall–Kier alpha value is -1.33. The van der Waals surface area contributed by atoms with Crippen LogP contribution < -0.4 is 0 Å². The fourth-order valence-corrected chi connectivity index (χ4v) is 2.81. The molecule has 1 saturated heterocycles. The second-order valence-electron chi connectivity index (χ2n) is 5.06. The van der Waals surface area contributed by atoms with Crippen molar-refractivity contribution in [2.75, 3.05) is 20.2 Å². The highest BCUT2D eigenvalue weighted by molar-refractivity contribution is 6.45. The van der Waals surface area contributed by atoms with E-state index in [9.17, 15) is 9.82 Å². The highest BCUT2D eigenvalue weighted by Gasteiger charge is 2.37. The number of esters is 1. The van der Waals surface area contributed by atoms with Gasteiger partial charge in [-0.15, -0.1) is 0 Å². The number of nitrogens with zero attached hydrogens (tertiary/aromatic N) is 1. The highest BCUT2D eigenvalue weighted by Crippen LogP contribution is 2.33. The van der Waals surface area contributed by atoms with E-state index >= 15 is 0 Å². The molecule has 0 spiro atoms. The predicted octanol–water partition coefficient (Wildman–Crippen LogP) is 1.38. The summed E-state index contributed by atoms with van der Waals surface area (Å²) >= 11 is 0. The van der Waals surface area contributed by atoms with E-state index in [-0.39, 0.29) is 17.8 Å². The summed E-state index contributed by atoms with van der Waals surface area (Å²) in [6.07, 6.45) is 0.856. The van der Waals surface area contributed by atoms with Gasteiger partial charge in [0.1, 0.15) is 0 Å². The number of methoxy groups -OCH3 is 1. The second-order valence-corrected chi connectivity index (χ2v) is 5.06. The zero-order chi connectivity index (χ0) is 13.8. The van der Waals surface area contributed by atoms with Gasteiger partial charge in [0.25, 0.3) is 0 Å². The summed E-state index contributed by atoms with van der Waals surface area (Å²) in [5.41, 5.74) is 1.17. The third kappa shape index (κ3) is 3.17. The van der Waals surface area contributed by atoms with Crippen molar-refractivity contribution in [3.63, 3.8) is 0 Å². The number of hydrogen-bond acceptors (Lipinski definition) is 4. The average molecular weight is 261 g/mol. The normalized spacial score (nSPS) is 23.9. The molecule has 0 radical (unpaired) electrons. The maximum absolute atomic E-state index is 12.0. The van der Waals surface area contributed by atoms with Crippen LogP contribution in [-0.2, 0) is 9.53 Å². The van der Waals surface area contributed by atoms with Crippen molar-refractivity contribution < 1.29 is 14.6 Å². The molecule has 0 aliphatic carbocycles. The van der Waals surface area contributed by atoms with E-state index in [0.29, 0.717) is 6.54 Å². The molecule has 102 valence electrons. The summed E-state index contributed by atoms with van der Waals surface area (Å²) in [5, 5.41) is 9.68. The van der Waals surface area contributed by atoms with E-state index in [1.165, 1.54) is 12.7 Å². The summed E-state index contributed by atoms with van der Waals surface area (Å²) in [4.78, 5) is 13.9. The van der Waals surface area contributed by atoms with Crippen LogP contribution in [-0.4, -0.2) is 43.1 Å². The molecule has 0 unspecified atom stereocenters. The monoisotopic (exact) mass is 261 g/mol. The lowest BCUT2D eigenvalue weighted by atomic mass is 9.74. The number of carbonyl (C=O) groups is 1. The molecule has 0 amide bonds. The lowest BCUT2D eigenvalue weighted by Crippen LogP contribution is -2.49. The summed E-state index contributed by atoms with van der Waals surface area (Å²) in [6.45, 7) is 3.08. The van der Waals surface area contributed by atoms with Gasteiger partial charge >= 0.3 is 13.0 Å². The van der Waals surface area contributed by atoms with Gasteiger partial charge in [-0.05, 0) is 31.3 Å². The molecule has 1 aromatic carbocycles. The summed E-state index contributed by atoms with van der Waals surface area (Å²) < 4.78 is 4.92. The van der Waals surface area contributed by atoms with Gasteiger partial charge in [0.15, 0.2) is 0 Å². The van der Waals surface area contributed by atoms with E-state index in [1.54, 1.807) is 6.82 Å². The first-order chi connectivity index (χ1) is 9.13. The average Bonchev–Trinajstić information content (AvgIpc) is 2.46. The van der Waals surface area contributed by atoms with Crippen molar-refractivity contribution >= 4 is 13.0 Å². The Balaban J connectivity index is 2.20. The predicted molar refractivity (Wildman–Crippen MR) is 74.7 cm³/mol. The zero-order valence-electron chi connectivity index (χ0n) is 11.5. The maximum Gasteiger partial charge on any atom is 0.376 e. The van der Waals surface area contributed by atoms with Crippen LogP contribution in [0.3, 0.4) is 0 Å². The van der Waals surface area contributed by atoms with Gasteiger partial charge in [-0.2, -0.15) is 0 Å². The second kappa shape index (κ2) is 6.22. The molecule has 2 rings (SSSR count). The Kier molecular flexibility index (Phi) is 4.61. The summed E-state index contributed by atoms with van der Waals surface area (Å²) in [6, 6.07) is 10.1. The quantitative estimate of drug-likeness (QED) is 0.659. The van der Waals surface area contributed by atoms with Gasteiger partial charge in [-0.3, -0.25) is 4.79 Å². The Morgan fingerprint density at radius 2 is 2.11 bits per heavy atom. The van der Waals surface area contributed by atoms with Crippen LogP contribution in [0, 0.1) is 5.92 Å². The van der Waals surface area contributed by atoms with Gasteiger partial charge in [0, 0.05) is 6.54 Å². The minimum Gasteiger partial charge on any atom is -0.469 e. The molecular weight excluding hydrogens is 241 g/mol. The Morgan fingerprint density at radius 3 is 2.68 bits per heavy atom. The van der Waals surface area contributed by atoms with E-state index in [4.69, 9.17) is 4.74 Å². The van der Waals surface area contributed by atoms with Gasteiger partial charge in [0.2, 0.25) is 0 Å². The molecule has 19 heavy (non-hydrogen) atoms. The molecular formula is C14H20BNO3. The molecule has 0 bridgehead atoms. The lowest BCUT2D eigenvalue weighted by molar-refractivity contribution is -0.147. The number of hydrogen-bond donors (Lipinski definition) is 1. The van der Waals surface area contributed by atoms with E-state index in [0.717, 1.165) is 13.0 Å². The topological polar surface area (TPSA) is 49.8 Å². The fourth-order valence-electron chi connectivity index (χ4n) is 2.81. The van der Waals surface area contributed by atoms with Crippen LogP contribution in [0.25, 0.3) is 0 Å². The molecule has 0 saturated carbocycles. The molecule has 1 fully saturated rings. The fraction of sp³-hybridized carbons (Fsp3) is 0.500. The molecule has 1 aliphatic heterocycles. The first-order valence-corrected chi connectivity index (χ1v) is 6.68. The van der Waals surface area contributed by atoms with Gasteiger partial charge in [-0.1, -0.05) is 30.3 Å². The minimum atomic E-state index is -0.524. The number of benzene rings is 1. The molecule has 1 aliphatic rings. The van der Waals surface area contributed by atoms with Crippen molar-refractivity contribution in [2.24, 2.45) is 5.92 Å². The molecule has 5 heteroatoms. The first-order valence-electron chi connectivity index (χ1n) is 6.68. The minimum absolute atomic E-state index is 0.170. The van der Waals surface area contributed by atoms with Crippen LogP contribution in [0.1, 0.15) is 17.9 Å². The SMILES string of the molecule is COC(=O)[C@H]1CN(B(C)O)CC[C@H]1c1ccccc1. The molecule has 4 nitrogen and oxygen atoms in total. The largest absolute Gasteiger partial charge is 0.469 e. The maximum atomic E-state index is 12.0. The number of ether oxygens (including phenoxy) is 1.